The number of nitrogens with two attached hydrogens (primary N) is 1. The minimum Gasteiger partial charge on any atom is -0.444 e. The number of hydrogen-bond acceptors (Lipinski definition) is 4. The lowest BCUT2D eigenvalue weighted by molar-refractivity contribution is 0.0526. The Morgan fingerprint density at radius 3 is 2.46 bits per heavy atom. The van der Waals surface area contributed by atoms with Crippen molar-refractivity contribution < 1.29 is 14.3 Å². The molecule has 2 aromatic rings. The molecule has 0 atom stereocenters. The predicted molar refractivity (Wildman–Crippen MR) is 113 cm³/mol. The number of nitrogens with one attached hydrogen (secondary N) is 1. The highest BCUT2D eigenvalue weighted by Crippen LogP contribution is 2.19. The molecule has 0 aliphatic rings. The zero-order valence-electron chi connectivity index (χ0n) is 17.2. The van der Waals surface area contributed by atoms with Gasteiger partial charge in [0.1, 0.15) is 5.60 Å². The number of hydrogen-bond donors (Lipinski definition) is 2. The van der Waals surface area contributed by atoms with E-state index in [0.29, 0.717) is 31.6 Å². The molecule has 0 aromatic heterocycles. The van der Waals surface area contributed by atoms with Crippen LogP contribution in [0, 0.1) is 0 Å². The molecule has 152 valence electrons. The van der Waals surface area contributed by atoms with E-state index in [1.807, 2.05) is 45.0 Å². The molecule has 0 radical (unpaired) electrons. The summed E-state index contributed by atoms with van der Waals surface area (Å²) in [5.41, 5.74) is 6.95. The van der Waals surface area contributed by atoms with Gasteiger partial charge in [0.05, 0.1) is 0 Å². The van der Waals surface area contributed by atoms with E-state index in [2.05, 4.69) is 17.4 Å². The van der Waals surface area contributed by atoms with Gasteiger partial charge in [0, 0.05) is 25.7 Å². The maximum absolute atomic E-state index is 12.7. The number of fused-ring (bicyclic) bond motifs is 1. The molecular weight excluding hydrogens is 354 g/mol. The van der Waals surface area contributed by atoms with Crippen LogP contribution >= 0.6 is 0 Å². The van der Waals surface area contributed by atoms with Crippen LogP contribution in [0.2, 0.25) is 0 Å². The molecule has 0 saturated heterocycles. The van der Waals surface area contributed by atoms with Crippen molar-refractivity contribution in [3.8, 4) is 0 Å². The molecular formula is C22H31N3O3. The largest absolute Gasteiger partial charge is 0.444 e. The molecule has 6 heteroatoms. The number of carbonyl (C=O) groups is 2. The standard InChI is InChI=1S/C22H31N3O3/c1-22(2,3)28-21(27)24-12-5-13-25(4)20(26)19-9-8-17-14-16(10-11-23)6-7-18(17)15-19/h6-9,14-15H,5,10-13,23H2,1-4H3,(H,24,27). The molecule has 0 bridgehead atoms. The van der Waals surface area contributed by atoms with E-state index < -0.39 is 11.7 Å². The second-order valence-corrected chi connectivity index (χ2v) is 7.94. The van der Waals surface area contributed by atoms with E-state index >= 15 is 0 Å². The number of rotatable bonds is 7. The van der Waals surface area contributed by atoms with Crippen molar-refractivity contribution in [2.45, 2.75) is 39.2 Å². The second-order valence-electron chi connectivity index (χ2n) is 7.94. The van der Waals surface area contributed by atoms with Crippen LogP contribution in [-0.4, -0.2) is 49.2 Å². The lowest BCUT2D eigenvalue weighted by atomic mass is 10.0. The number of ether oxygens (including phenoxy) is 1. The minimum absolute atomic E-state index is 0.0368. The van der Waals surface area contributed by atoms with Crippen LogP contribution in [0.5, 0.6) is 0 Å². The van der Waals surface area contributed by atoms with Gasteiger partial charge in [-0.05, 0) is 68.6 Å². The van der Waals surface area contributed by atoms with Gasteiger partial charge in [0.15, 0.2) is 0 Å². The molecule has 0 spiro atoms. The van der Waals surface area contributed by atoms with Crippen LogP contribution in [0.15, 0.2) is 36.4 Å². The first-order valence-corrected chi connectivity index (χ1v) is 9.64. The van der Waals surface area contributed by atoms with Gasteiger partial charge >= 0.3 is 6.09 Å². The first-order valence-electron chi connectivity index (χ1n) is 9.64. The van der Waals surface area contributed by atoms with E-state index in [1.54, 1.807) is 11.9 Å². The van der Waals surface area contributed by atoms with Gasteiger partial charge in [-0.2, -0.15) is 0 Å². The Balaban J connectivity index is 1.88. The van der Waals surface area contributed by atoms with Crippen molar-refractivity contribution in [2.75, 3.05) is 26.7 Å². The van der Waals surface area contributed by atoms with Crippen LogP contribution in [0.1, 0.15) is 43.1 Å². The van der Waals surface area contributed by atoms with Crippen molar-refractivity contribution in [1.29, 1.82) is 0 Å². The van der Waals surface area contributed by atoms with Gasteiger partial charge in [0.25, 0.3) is 5.91 Å². The van der Waals surface area contributed by atoms with Gasteiger partial charge < -0.3 is 20.7 Å². The predicted octanol–water partition coefficient (Wildman–Crippen LogP) is 3.33. The molecule has 2 amide bonds. The average Bonchev–Trinajstić information content (AvgIpc) is 2.63. The lowest BCUT2D eigenvalue weighted by Crippen LogP contribution is -2.35. The summed E-state index contributed by atoms with van der Waals surface area (Å²) in [6, 6.07) is 11.9. The third-order valence-corrected chi connectivity index (χ3v) is 4.27. The number of carbonyl (C=O) groups excluding carboxylic acids is 2. The zero-order valence-corrected chi connectivity index (χ0v) is 17.2. The van der Waals surface area contributed by atoms with Crippen molar-refractivity contribution >= 4 is 22.8 Å². The molecule has 6 nitrogen and oxygen atoms in total. The van der Waals surface area contributed by atoms with E-state index in [-0.39, 0.29) is 5.91 Å². The van der Waals surface area contributed by atoms with E-state index in [4.69, 9.17) is 10.5 Å². The molecule has 0 unspecified atom stereocenters. The smallest absolute Gasteiger partial charge is 0.407 e. The van der Waals surface area contributed by atoms with Gasteiger partial charge in [0.2, 0.25) is 0 Å². The Kier molecular flexibility index (Phi) is 7.40. The molecule has 28 heavy (non-hydrogen) atoms. The molecule has 0 aliphatic heterocycles. The zero-order chi connectivity index (χ0) is 20.7. The lowest BCUT2D eigenvalue weighted by Gasteiger charge is -2.20. The molecule has 3 N–H and O–H groups in total. The normalized spacial score (nSPS) is 11.3. The minimum atomic E-state index is -0.516. The van der Waals surface area contributed by atoms with Crippen LogP contribution in [0.25, 0.3) is 10.8 Å². The first-order chi connectivity index (χ1) is 13.2. The summed E-state index contributed by atoms with van der Waals surface area (Å²) in [5, 5.41) is 4.84. The summed E-state index contributed by atoms with van der Waals surface area (Å²) in [7, 11) is 1.77. The molecule has 0 saturated carbocycles. The maximum atomic E-state index is 12.7. The molecule has 0 heterocycles. The van der Waals surface area contributed by atoms with Crippen LogP contribution < -0.4 is 11.1 Å². The summed E-state index contributed by atoms with van der Waals surface area (Å²) >= 11 is 0. The van der Waals surface area contributed by atoms with Gasteiger partial charge in [-0.15, -0.1) is 0 Å². The number of alkyl carbamates (subject to hydrolysis) is 1. The van der Waals surface area contributed by atoms with Crippen molar-refractivity contribution in [2.24, 2.45) is 5.73 Å². The quantitative estimate of drug-likeness (QED) is 0.716. The summed E-state index contributed by atoms with van der Waals surface area (Å²) in [6.45, 7) is 7.08. The third kappa shape index (κ3) is 6.53. The fourth-order valence-electron chi connectivity index (χ4n) is 2.89. The highest BCUT2D eigenvalue weighted by molar-refractivity contribution is 5.98. The monoisotopic (exact) mass is 385 g/mol. The Morgan fingerprint density at radius 1 is 1.11 bits per heavy atom. The highest BCUT2D eigenvalue weighted by Gasteiger charge is 2.16. The summed E-state index contributed by atoms with van der Waals surface area (Å²) in [4.78, 5) is 26.0. The van der Waals surface area contributed by atoms with E-state index in [1.165, 1.54) is 5.56 Å². The first kappa shape index (κ1) is 21.7. The van der Waals surface area contributed by atoms with Crippen molar-refractivity contribution in [3.63, 3.8) is 0 Å². The van der Waals surface area contributed by atoms with E-state index in [0.717, 1.165) is 17.2 Å². The SMILES string of the molecule is CN(CCCNC(=O)OC(C)(C)C)C(=O)c1ccc2cc(CCN)ccc2c1. The number of amides is 2. The van der Waals surface area contributed by atoms with Crippen LogP contribution in [0.4, 0.5) is 4.79 Å². The number of nitrogens with zero attached hydrogens (tertiary/aromatic N) is 1. The fraction of sp³-hybridized carbons (Fsp3) is 0.455. The third-order valence-electron chi connectivity index (χ3n) is 4.27. The Bertz CT molecular complexity index is 827. The van der Waals surface area contributed by atoms with Gasteiger partial charge in [-0.1, -0.05) is 24.3 Å². The van der Waals surface area contributed by atoms with Crippen LogP contribution in [0.3, 0.4) is 0 Å². The van der Waals surface area contributed by atoms with Crippen molar-refractivity contribution in [1.82, 2.24) is 10.2 Å². The second kappa shape index (κ2) is 9.55. The molecule has 2 rings (SSSR count). The van der Waals surface area contributed by atoms with Crippen molar-refractivity contribution in [3.05, 3.63) is 47.5 Å². The van der Waals surface area contributed by atoms with Crippen LogP contribution in [-0.2, 0) is 11.2 Å². The maximum Gasteiger partial charge on any atom is 0.407 e. The Labute approximate surface area is 167 Å². The molecule has 0 fully saturated rings. The van der Waals surface area contributed by atoms with Gasteiger partial charge in [-0.25, -0.2) is 4.79 Å². The van der Waals surface area contributed by atoms with E-state index in [9.17, 15) is 9.59 Å². The Morgan fingerprint density at radius 2 is 1.79 bits per heavy atom. The Hall–Kier alpha value is -2.60. The molecule has 2 aromatic carbocycles. The summed E-state index contributed by atoms with van der Waals surface area (Å²) in [6.07, 6.45) is 1.05. The fourth-order valence-corrected chi connectivity index (χ4v) is 2.89. The summed E-state index contributed by atoms with van der Waals surface area (Å²) < 4.78 is 5.19. The topological polar surface area (TPSA) is 84.7 Å². The van der Waals surface area contributed by atoms with Gasteiger partial charge in [-0.3, -0.25) is 4.79 Å². The highest BCUT2D eigenvalue weighted by atomic mass is 16.6. The summed E-state index contributed by atoms with van der Waals surface area (Å²) in [5.74, 6) is -0.0368. The average molecular weight is 386 g/mol. The molecule has 0 aliphatic carbocycles. The number of benzene rings is 2.